The van der Waals surface area contributed by atoms with E-state index in [1.54, 1.807) is 24.3 Å². The summed E-state index contributed by atoms with van der Waals surface area (Å²) in [6.07, 6.45) is 0.538. The summed E-state index contributed by atoms with van der Waals surface area (Å²) in [5.41, 5.74) is 6.06. The second-order valence-electron chi connectivity index (χ2n) is 5.27. The second-order valence-corrected chi connectivity index (χ2v) is 5.27. The highest BCUT2D eigenvalue weighted by atomic mass is 16.5. The SMILES string of the molecule is CCCC(=O)N[C@H](c1ccccc1)[C@@H](OC(=O)CCC)C(N)=O. The number of nitrogens with one attached hydrogen (secondary N) is 1. The van der Waals surface area contributed by atoms with Crippen molar-refractivity contribution in [3.63, 3.8) is 0 Å². The number of hydrogen-bond acceptors (Lipinski definition) is 4. The predicted molar refractivity (Wildman–Crippen MR) is 86.2 cm³/mol. The molecule has 1 aromatic rings. The number of carbonyl (C=O) groups is 3. The van der Waals surface area contributed by atoms with Gasteiger partial charge in [-0.2, -0.15) is 0 Å². The first-order chi connectivity index (χ1) is 11.0. The average Bonchev–Trinajstić information content (AvgIpc) is 2.52. The Labute approximate surface area is 136 Å². The Morgan fingerprint density at radius 2 is 1.70 bits per heavy atom. The molecule has 0 saturated heterocycles. The number of esters is 1. The fourth-order valence-corrected chi connectivity index (χ4v) is 2.16. The van der Waals surface area contributed by atoms with Crippen molar-refractivity contribution >= 4 is 17.8 Å². The van der Waals surface area contributed by atoms with Crippen molar-refractivity contribution in [1.29, 1.82) is 0 Å². The number of benzene rings is 1. The molecular weight excluding hydrogens is 296 g/mol. The standard InChI is InChI=1S/C17H24N2O4/c1-3-8-13(20)19-15(12-10-6-5-7-11-12)16(17(18)22)23-14(21)9-4-2/h5-7,10-11,15-16H,3-4,8-9H2,1-2H3,(H2,18,22)(H,19,20)/t15-,16-/m1/s1. The lowest BCUT2D eigenvalue weighted by Gasteiger charge is -2.26. The van der Waals surface area contributed by atoms with Crippen LogP contribution in [0.3, 0.4) is 0 Å². The van der Waals surface area contributed by atoms with Gasteiger partial charge in [0.25, 0.3) is 5.91 Å². The molecule has 0 heterocycles. The summed E-state index contributed by atoms with van der Waals surface area (Å²) < 4.78 is 5.22. The molecule has 23 heavy (non-hydrogen) atoms. The van der Waals surface area contributed by atoms with Crippen LogP contribution >= 0.6 is 0 Å². The van der Waals surface area contributed by atoms with Crippen molar-refractivity contribution in [1.82, 2.24) is 5.32 Å². The maximum atomic E-state index is 12.0. The van der Waals surface area contributed by atoms with Crippen LogP contribution in [-0.4, -0.2) is 23.9 Å². The Bertz CT molecular complexity index is 531. The van der Waals surface area contributed by atoms with Gasteiger partial charge < -0.3 is 15.8 Å². The third-order valence-corrected chi connectivity index (χ3v) is 3.25. The highest BCUT2D eigenvalue weighted by Crippen LogP contribution is 2.20. The van der Waals surface area contributed by atoms with Gasteiger partial charge in [-0.3, -0.25) is 14.4 Å². The van der Waals surface area contributed by atoms with Crippen LogP contribution in [0.2, 0.25) is 0 Å². The molecule has 3 N–H and O–H groups in total. The molecule has 6 heteroatoms. The predicted octanol–water partition coefficient (Wildman–Crippen LogP) is 1.84. The summed E-state index contributed by atoms with van der Waals surface area (Å²) >= 11 is 0. The third-order valence-electron chi connectivity index (χ3n) is 3.25. The van der Waals surface area contributed by atoms with Crippen LogP contribution in [0.15, 0.2) is 30.3 Å². The van der Waals surface area contributed by atoms with Crippen molar-refractivity contribution in [3.8, 4) is 0 Å². The van der Waals surface area contributed by atoms with Gasteiger partial charge in [-0.1, -0.05) is 44.2 Å². The fraction of sp³-hybridized carbons (Fsp3) is 0.471. The van der Waals surface area contributed by atoms with Crippen molar-refractivity contribution in [3.05, 3.63) is 35.9 Å². The van der Waals surface area contributed by atoms with Gasteiger partial charge in [0.2, 0.25) is 12.0 Å². The first-order valence-electron chi connectivity index (χ1n) is 7.82. The van der Waals surface area contributed by atoms with Crippen LogP contribution in [0.4, 0.5) is 0 Å². The minimum atomic E-state index is -1.24. The van der Waals surface area contributed by atoms with Gasteiger partial charge in [0.05, 0.1) is 0 Å². The first-order valence-corrected chi connectivity index (χ1v) is 7.82. The van der Waals surface area contributed by atoms with E-state index in [1.165, 1.54) is 0 Å². The van der Waals surface area contributed by atoms with Gasteiger partial charge >= 0.3 is 5.97 Å². The van der Waals surface area contributed by atoms with E-state index in [4.69, 9.17) is 10.5 Å². The van der Waals surface area contributed by atoms with Gasteiger partial charge in [-0.15, -0.1) is 0 Å². The van der Waals surface area contributed by atoms with Gasteiger partial charge in [0.1, 0.15) is 6.04 Å². The zero-order valence-corrected chi connectivity index (χ0v) is 13.6. The van der Waals surface area contributed by atoms with E-state index in [-0.39, 0.29) is 12.3 Å². The van der Waals surface area contributed by atoms with Gasteiger partial charge in [0, 0.05) is 12.8 Å². The molecule has 0 aliphatic rings. The molecule has 1 aromatic carbocycles. The lowest BCUT2D eigenvalue weighted by molar-refractivity contribution is -0.157. The van der Waals surface area contributed by atoms with Crippen LogP contribution in [0.25, 0.3) is 0 Å². The number of carbonyl (C=O) groups excluding carboxylic acids is 3. The van der Waals surface area contributed by atoms with Gasteiger partial charge in [0.15, 0.2) is 0 Å². The molecule has 2 atom stereocenters. The summed E-state index contributed by atoms with van der Waals surface area (Å²) in [5, 5.41) is 2.75. The Morgan fingerprint density at radius 1 is 1.09 bits per heavy atom. The molecule has 0 saturated carbocycles. The number of rotatable bonds is 9. The molecule has 126 valence electrons. The molecule has 1 rings (SSSR count). The highest BCUT2D eigenvalue weighted by molar-refractivity contribution is 5.85. The number of ether oxygens (including phenoxy) is 1. The summed E-state index contributed by atoms with van der Waals surface area (Å²) in [5.74, 6) is -1.53. The van der Waals surface area contributed by atoms with E-state index in [9.17, 15) is 14.4 Å². The smallest absolute Gasteiger partial charge is 0.306 e. The van der Waals surface area contributed by atoms with E-state index in [0.717, 1.165) is 0 Å². The van der Waals surface area contributed by atoms with Crippen molar-refractivity contribution in [2.75, 3.05) is 0 Å². The average molecular weight is 320 g/mol. The van der Waals surface area contributed by atoms with Crippen molar-refractivity contribution < 1.29 is 19.1 Å². The molecule has 0 spiro atoms. The quantitative estimate of drug-likeness (QED) is 0.678. The molecule has 0 aromatic heterocycles. The van der Waals surface area contributed by atoms with Crippen molar-refractivity contribution in [2.24, 2.45) is 5.73 Å². The van der Waals surface area contributed by atoms with E-state index in [0.29, 0.717) is 24.8 Å². The van der Waals surface area contributed by atoms with E-state index < -0.39 is 24.0 Å². The minimum absolute atomic E-state index is 0.189. The lowest BCUT2D eigenvalue weighted by Crippen LogP contribution is -2.45. The largest absolute Gasteiger partial charge is 0.450 e. The van der Waals surface area contributed by atoms with E-state index in [1.807, 2.05) is 19.9 Å². The van der Waals surface area contributed by atoms with Crippen LogP contribution in [0.1, 0.15) is 51.1 Å². The van der Waals surface area contributed by atoms with Crippen LogP contribution in [0.5, 0.6) is 0 Å². The Kier molecular flexibility index (Phi) is 7.80. The summed E-state index contributed by atoms with van der Waals surface area (Å²) in [4.78, 5) is 35.5. The van der Waals surface area contributed by atoms with E-state index in [2.05, 4.69) is 5.32 Å². The van der Waals surface area contributed by atoms with Gasteiger partial charge in [-0.25, -0.2) is 0 Å². The Hall–Kier alpha value is -2.37. The molecule has 0 bridgehead atoms. The summed E-state index contributed by atoms with van der Waals surface area (Å²) in [6.45, 7) is 3.71. The van der Waals surface area contributed by atoms with Gasteiger partial charge in [-0.05, 0) is 18.4 Å². The second kappa shape index (κ2) is 9.61. The zero-order valence-electron chi connectivity index (χ0n) is 13.6. The molecule has 0 unspecified atom stereocenters. The van der Waals surface area contributed by atoms with Crippen LogP contribution in [0, 0.1) is 0 Å². The molecule has 0 radical (unpaired) electrons. The number of primary amides is 1. The molecule has 0 aliphatic carbocycles. The zero-order chi connectivity index (χ0) is 17.2. The van der Waals surface area contributed by atoms with Crippen molar-refractivity contribution in [2.45, 2.75) is 51.7 Å². The maximum Gasteiger partial charge on any atom is 0.306 e. The topological polar surface area (TPSA) is 98.5 Å². The Morgan fingerprint density at radius 3 is 2.22 bits per heavy atom. The van der Waals surface area contributed by atoms with E-state index >= 15 is 0 Å². The molecule has 0 fully saturated rings. The number of hydrogen-bond donors (Lipinski definition) is 2. The minimum Gasteiger partial charge on any atom is -0.450 e. The lowest BCUT2D eigenvalue weighted by atomic mass is 10.00. The molecule has 6 nitrogen and oxygen atoms in total. The van der Waals surface area contributed by atoms with Crippen LogP contribution in [-0.2, 0) is 19.1 Å². The fourth-order valence-electron chi connectivity index (χ4n) is 2.16. The third kappa shape index (κ3) is 6.10. The number of nitrogens with two attached hydrogens (primary N) is 1. The molecule has 0 aliphatic heterocycles. The molecule has 2 amide bonds. The Balaban J connectivity index is 3.04. The summed E-state index contributed by atoms with van der Waals surface area (Å²) in [6, 6.07) is 8.08. The summed E-state index contributed by atoms with van der Waals surface area (Å²) in [7, 11) is 0. The maximum absolute atomic E-state index is 12.0. The monoisotopic (exact) mass is 320 g/mol. The normalized spacial score (nSPS) is 13.0. The molecular formula is C17H24N2O4. The first kappa shape index (κ1) is 18.7. The highest BCUT2D eigenvalue weighted by Gasteiger charge is 2.32. The number of amides is 2. The van der Waals surface area contributed by atoms with Crippen LogP contribution < -0.4 is 11.1 Å².